The van der Waals surface area contributed by atoms with Crippen LogP contribution in [0.2, 0.25) is 0 Å². The first-order valence-electron chi connectivity index (χ1n) is 6.33. The normalized spacial score (nSPS) is 25.6. The van der Waals surface area contributed by atoms with Gasteiger partial charge in [-0.2, -0.15) is 0 Å². The summed E-state index contributed by atoms with van der Waals surface area (Å²) in [6.45, 7) is 3.19. The number of phenols is 1. The fourth-order valence-electron chi connectivity index (χ4n) is 2.79. The van der Waals surface area contributed by atoms with Gasteiger partial charge in [0, 0.05) is 6.04 Å². The Balaban J connectivity index is 2.16. The molecule has 2 atom stereocenters. The minimum absolute atomic E-state index is 0.387. The van der Waals surface area contributed by atoms with Gasteiger partial charge in [-0.25, -0.2) is 0 Å². The number of aromatic hydroxyl groups is 1. The molecule has 0 saturated heterocycles. The zero-order chi connectivity index (χ0) is 11.4. The van der Waals surface area contributed by atoms with E-state index < -0.39 is 0 Å². The number of likely N-dealkylation sites (N-methyl/N-ethyl adjacent to an activating group) is 1. The molecule has 1 aliphatic rings. The predicted octanol–water partition coefficient (Wildman–Crippen LogP) is 3.03. The van der Waals surface area contributed by atoms with Crippen LogP contribution in [0.15, 0.2) is 24.3 Å². The van der Waals surface area contributed by atoms with Gasteiger partial charge in [-0.05, 0) is 43.0 Å². The Kier molecular flexibility index (Phi) is 3.83. The molecular formula is C14H21NO. The molecule has 1 saturated carbocycles. The molecule has 0 aromatic heterocycles. The lowest BCUT2D eigenvalue weighted by Crippen LogP contribution is -2.37. The topological polar surface area (TPSA) is 32.3 Å². The lowest BCUT2D eigenvalue weighted by molar-refractivity contribution is 0.332. The molecular weight excluding hydrogens is 198 g/mol. The van der Waals surface area contributed by atoms with Gasteiger partial charge in [-0.3, -0.25) is 0 Å². The van der Waals surface area contributed by atoms with Crippen molar-refractivity contribution in [2.45, 2.75) is 44.6 Å². The SMILES string of the molecule is CCN[C@H]1CCCC[C@@H]1c1cccc(O)c1. The molecule has 88 valence electrons. The van der Waals surface area contributed by atoms with Crippen LogP contribution in [-0.2, 0) is 0 Å². The zero-order valence-corrected chi connectivity index (χ0v) is 9.95. The molecule has 2 rings (SSSR count). The maximum absolute atomic E-state index is 9.54. The number of phenolic OH excluding ortho intramolecular Hbond substituents is 1. The van der Waals surface area contributed by atoms with Crippen LogP contribution in [0.3, 0.4) is 0 Å². The van der Waals surface area contributed by atoms with Crippen LogP contribution in [-0.4, -0.2) is 17.7 Å². The Labute approximate surface area is 97.7 Å². The molecule has 1 aromatic rings. The lowest BCUT2D eigenvalue weighted by atomic mass is 9.80. The summed E-state index contributed by atoms with van der Waals surface area (Å²) in [4.78, 5) is 0. The van der Waals surface area contributed by atoms with E-state index in [-0.39, 0.29) is 0 Å². The van der Waals surface area contributed by atoms with Crippen molar-refractivity contribution in [3.63, 3.8) is 0 Å². The quantitative estimate of drug-likeness (QED) is 0.819. The van der Waals surface area contributed by atoms with Crippen molar-refractivity contribution in [2.75, 3.05) is 6.54 Å². The first kappa shape index (κ1) is 11.5. The van der Waals surface area contributed by atoms with Crippen molar-refractivity contribution in [3.8, 4) is 5.75 Å². The van der Waals surface area contributed by atoms with Gasteiger partial charge in [0.25, 0.3) is 0 Å². The van der Waals surface area contributed by atoms with Crippen LogP contribution in [0.4, 0.5) is 0 Å². The third-order valence-corrected chi connectivity index (χ3v) is 3.53. The standard InChI is InChI=1S/C14H21NO/c1-2-15-14-9-4-3-8-13(14)11-6-5-7-12(16)10-11/h5-7,10,13-16H,2-4,8-9H2,1H3/t13-,14+/m1/s1. The molecule has 0 aliphatic heterocycles. The van der Waals surface area contributed by atoms with Gasteiger partial charge < -0.3 is 10.4 Å². The second-order valence-electron chi connectivity index (χ2n) is 4.65. The molecule has 2 heteroatoms. The highest BCUT2D eigenvalue weighted by Crippen LogP contribution is 2.34. The van der Waals surface area contributed by atoms with Gasteiger partial charge in [-0.15, -0.1) is 0 Å². The molecule has 2 nitrogen and oxygen atoms in total. The summed E-state index contributed by atoms with van der Waals surface area (Å²) in [5.74, 6) is 0.958. The Hall–Kier alpha value is -1.02. The van der Waals surface area contributed by atoms with Gasteiger partial charge >= 0.3 is 0 Å². The number of hydrogen-bond donors (Lipinski definition) is 2. The first-order valence-corrected chi connectivity index (χ1v) is 6.33. The van der Waals surface area contributed by atoms with Crippen molar-refractivity contribution in [3.05, 3.63) is 29.8 Å². The third-order valence-electron chi connectivity index (χ3n) is 3.53. The van der Waals surface area contributed by atoms with Crippen molar-refractivity contribution in [1.29, 1.82) is 0 Å². The Bertz CT molecular complexity index is 335. The largest absolute Gasteiger partial charge is 0.508 e. The molecule has 0 radical (unpaired) electrons. The van der Waals surface area contributed by atoms with Crippen molar-refractivity contribution in [1.82, 2.24) is 5.32 Å². The van der Waals surface area contributed by atoms with E-state index in [1.54, 1.807) is 6.07 Å². The van der Waals surface area contributed by atoms with Crippen LogP contribution < -0.4 is 5.32 Å². The van der Waals surface area contributed by atoms with Gasteiger partial charge in [0.05, 0.1) is 0 Å². The highest BCUT2D eigenvalue weighted by molar-refractivity contribution is 5.31. The molecule has 1 aliphatic carbocycles. The van der Waals surface area contributed by atoms with Crippen LogP contribution in [0.1, 0.15) is 44.1 Å². The van der Waals surface area contributed by atoms with Crippen molar-refractivity contribution >= 4 is 0 Å². The summed E-state index contributed by atoms with van der Waals surface area (Å²) < 4.78 is 0. The minimum atomic E-state index is 0.387. The molecule has 1 aromatic carbocycles. The maximum atomic E-state index is 9.54. The van der Waals surface area contributed by atoms with E-state index in [0.717, 1.165) is 6.54 Å². The van der Waals surface area contributed by atoms with E-state index in [0.29, 0.717) is 17.7 Å². The number of nitrogens with one attached hydrogen (secondary N) is 1. The Morgan fingerprint density at radius 2 is 2.12 bits per heavy atom. The first-order chi connectivity index (χ1) is 7.81. The summed E-state index contributed by atoms with van der Waals surface area (Å²) in [5, 5.41) is 13.1. The molecule has 1 fully saturated rings. The summed E-state index contributed by atoms with van der Waals surface area (Å²) in [7, 11) is 0. The predicted molar refractivity (Wildman–Crippen MR) is 66.8 cm³/mol. The van der Waals surface area contributed by atoms with E-state index in [9.17, 15) is 5.11 Å². The van der Waals surface area contributed by atoms with Crippen molar-refractivity contribution in [2.24, 2.45) is 0 Å². The van der Waals surface area contributed by atoms with Crippen LogP contribution >= 0.6 is 0 Å². The smallest absolute Gasteiger partial charge is 0.115 e. The maximum Gasteiger partial charge on any atom is 0.115 e. The van der Waals surface area contributed by atoms with Crippen LogP contribution in [0.25, 0.3) is 0 Å². The Morgan fingerprint density at radius 3 is 2.88 bits per heavy atom. The molecule has 2 N–H and O–H groups in total. The van der Waals surface area contributed by atoms with E-state index in [2.05, 4.69) is 18.3 Å². The van der Waals surface area contributed by atoms with Crippen molar-refractivity contribution < 1.29 is 5.11 Å². The zero-order valence-electron chi connectivity index (χ0n) is 9.95. The van der Waals surface area contributed by atoms with E-state index in [1.165, 1.54) is 31.2 Å². The number of hydrogen-bond acceptors (Lipinski definition) is 2. The molecule has 0 bridgehead atoms. The monoisotopic (exact) mass is 219 g/mol. The van der Waals surface area contributed by atoms with Gasteiger partial charge in [0.2, 0.25) is 0 Å². The summed E-state index contributed by atoms with van der Waals surface area (Å²) in [6, 6.07) is 8.33. The summed E-state index contributed by atoms with van der Waals surface area (Å²) >= 11 is 0. The second-order valence-corrected chi connectivity index (χ2v) is 4.65. The molecule has 16 heavy (non-hydrogen) atoms. The molecule has 0 amide bonds. The van der Waals surface area contributed by atoms with Gasteiger partial charge in [0.1, 0.15) is 5.75 Å². The lowest BCUT2D eigenvalue weighted by Gasteiger charge is -2.32. The third kappa shape index (κ3) is 2.56. The van der Waals surface area contributed by atoms with E-state index in [4.69, 9.17) is 0 Å². The van der Waals surface area contributed by atoms with Crippen LogP contribution in [0.5, 0.6) is 5.75 Å². The Morgan fingerprint density at radius 1 is 1.31 bits per heavy atom. The van der Waals surface area contributed by atoms with Crippen LogP contribution in [0, 0.1) is 0 Å². The second kappa shape index (κ2) is 5.35. The average Bonchev–Trinajstić information content (AvgIpc) is 2.30. The fraction of sp³-hybridized carbons (Fsp3) is 0.571. The average molecular weight is 219 g/mol. The number of rotatable bonds is 3. The van der Waals surface area contributed by atoms with E-state index >= 15 is 0 Å². The molecule has 0 unspecified atom stereocenters. The highest BCUT2D eigenvalue weighted by atomic mass is 16.3. The fourth-order valence-corrected chi connectivity index (χ4v) is 2.79. The highest BCUT2D eigenvalue weighted by Gasteiger charge is 2.25. The van der Waals surface area contributed by atoms with Gasteiger partial charge in [-0.1, -0.05) is 31.9 Å². The molecule has 0 spiro atoms. The number of benzene rings is 1. The molecule has 0 heterocycles. The minimum Gasteiger partial charge on any atom is -0.508 e. The summed E-state index contributed by atoms with van der Waals surface area (Å²) in [6.07, 6.45) is 5.13. The van der Waals surface area contributed by atoms with Gasteiger partial charge in [0.15, 0.2) is 0 Å². The summed E-state index contributed by atoms with van der Waals surface area (Å²) in [5.41, 5.74) is 1.28. The van der Waals surface area contributed by atoms with E-state index in [1.807, 2.05) is 12.1 Å².